The first-order valence-electron chi connectivity index (χ1n) is 9.36. The van der Waals surface area contributed by atoms with E-state index in [0.717, 1.165) is 0 Å². The van der Waals surface area contributed by atoms with Crippen molar-refractivity contribution in [3.8, 4) is 17.0 Å². The number of benzene rings is 2. The minimum absolute atomic E-state index is 0.179. The van der Waals surface area contributed by atoms with Crippen molar-refractivity contribution >= 4 is 17.5 Å². The van der Waals surface area contributed by atoms with Crippen LogP contribution in [0.1, 0.15) is 15.9 Å². The fourth-order valence-electron chi connectivity index (χ4n) is 3.34. The van der Waals surface area contributed by atoms with Gasteiger partial charge in [-0.25, -0.2) is 4.39 Å². The predicted octanol–water partition coefficient (Wildman–Crippen LogP) is 2.50. The van der Waals surface area contributed by atoms with Crippen LogP contribution in [-0.4, -0.2) is 52.8 Å². The number of rotatable bonds is 4. The van der Waals surface area contributed by atoms with Gasteiger partial charge in [0.1, 0.15) is 23.9 Å². The third-order valence-corrected chi connectivity index (χ3v) is 4.92. The summed E-state index contributed by atoms with van der Waals surface area (Å²) in [6, 6.07) is 9.35. The molecule has 3 aromatic rings. The third kappa shape index (κ3) is 3.86. The summed E-state index contributed by atoms with van der Waals surface area (Å²) in [5, 5.41) is 13.2. The van der Waals surface area contributed by atoms with Gasteiger partial charge in [0.2, 0.25) is 5.91 Å². The highest BCUT2D eigenvalue weighted by atomic mass is 19.1. The molecule has 4 rings (SSSR count). The molecule has 0 saturated heterocycles. The summed E-state index contributed by atoms with van der Waals surface area (Å²) in [6.45, 7) is 0.179. The maximum Gasteiger partial charge on any atom is 0.255 e. The molecule has 1 atom stereocenters. The van der Waals surface area contributed by atoms with Crippen molar-refractivity contribution in [3.63, 3.8) is 0 Å². The fourth-order valence-corrected chi connectivity index (χ4v) is 3.34. The molecule has 0 aliphatic carbocycles. The number of aromatic nitrogens is 3. The van der Waals surface area contributed by atoms with E-state index in [9.17, 15) is 14.0 Å². The molecule has 0 spiro atoms. The summed E-state index contributed by atoms with van der Waals surface area (Å²) in [5.41, 5.74) is 2.64. The molecule has 0 saturated carbocycles. The Bertz CT molecular complexity index is 1100. The maximum atomic E-state index is 13.5. The van der Waals surface area contributed by atoms with Crippen molar-refractivity contribution in [2.24, 2.45) is 5.92 Å². The van der Waals surface area contributed by atoms with Gasteiger partial charge < -0.3 is 15.0 Å². The Kier molecular flexibility index (Phi) is 5.18. The summed E-state index contributed by atoms with van der Waals surface area (Å²) in [5.74, 6) is -0.853. The van der Waals surface area contributed by atoms with Crippen molar-refractivity contribution in [2.75, 3.05) is 26.0 Å². The first-order valence-corrected chi connectivity index (χ1v) is 9.36. The molecule has 0 fully saturated rings. The minimum Gasteiger partial charge on any atom is -0.492 e. The molecular formula is C21H20FN5O3. The fraction of sp³-hybridized carbons (Fsp3) is 0.238. The number of carbonyl (C=O) groups is 2. The van der Waals surface area contributed by atoms with Crippen LogP contribution in [0.5, 0.6) is 5.75 Å². The normalized spacial score (nSPS) is 15.1. The van der Waals surface area contributed by atoms with E-state index < -0.39 is 5.92 Å². The Morgan fingerprint density at radius 3 is 2.80 bits per heavy atom. The number of fused-ring (bicyclic) bond motifs is 1. The molecule has 1 aliphatic heterocycles. The lowest BCUT2D eigenvalue weighted by molar-refractivity contribution is -0.121. The van der Waals surface area contributed by atoms with Gasteiger partial charge in [0.25, 0.3) is 5.91 Å². The van der Waals surface area contributed by atoms with E-state index in [4.69, 9.17) is 4.74 Å². The van der Waals surface area contributed by atoms with E-state index in [1.165, 1.54) is 17.0 Å². The Morgan fingerprint density at radius 2 is 2.07 bits per heavy atom. The zero-order valence-electron chi connectivity index (χ0n) is 16.5. The molecule has 0 radical (unpaired) electrons. The zero-order chi connectivity index (χ0) is 21.3. The molecule has 8 nitrogen and oxygen atoms in total. The van der Waals surface area contributed by atoms with Crippen LogP contribution in [0.2, 0.25) is 0 Å². The van der Waals surface area contributed by atoms with Crippen molar-refractivity contribution in [1.82, 2.24) is 20.3 Å². The highest BCUT2D eigenvalue weighted by molar-refractivity contribution is 6.05. The van der Waals surface area contributed by atoms with Gasteiger partial charge in [-0.05, 0) is 42.3 Å². The van der Waals surface area contributed by atoms with Crippen LogP contribution in [0.3, 0.4) is 0 Å². The van der Waals surface area contributed by atoms with Crippen LogP contribution < -0.4 is 10.1 Å². The van der Waals surface area contributed by atoms with Gasteiger partial charge in [-0.3, -0.25) is 9.59 Å². The number of carbonyl (C=O) groups excluding carboxylic acids is 2. The lowest BCUT2D eigenvalue weighted by Gasteiger charge is -2.25. The molecule has 30 heavy (non-hydrogen) atoms. The van der Waals surface area contributed by atoms with Crippen LogP contribution >= 0.6 is 0 Å². The van der Waals surface area contributed by atoms with Gasteiger partial charge in [-0.15, -0.1) is 0 Å². The highest BCUT2D eigenvalue weighted by Gasteiger charge is 2.27. The maximum absolute atomic E-state index is 13.5. The van der Waals surface area contributed by atoms with Crippen LogP contribution in [0.15, 0.2) is 42.6 Å². The Labute approximate surface area is 172 Å². The van der Waals surface area contributed by atoms with Crippen LogP contribution in [0.25, 0.3) is 11.3 Å². The van der Waals surface area contributed by atoms with Gasteiger partial charge in [-0.1, -0.05) is 6.07 Å². The van der Waals surface area contributed by atoms with E-state index in [2.05, 4.69) is 20.7 Å². The van der Waals surface area contributed by atoms with E-state index in [1.54, 1.807) is 44.6 Å². The standard InChI is InChI=1S/C21H20FN5O3/c1-27(2)21(29)16-9-12(18-10-23-26-25-18)3-5-17(16)24-20(28)14-7-13-8-15(22)4-6-19(13)30-11-14/h3-6,8-10,14H,7,11H2,1-2H3,(H,24,28)(H,23,25,26). The summed E-state index contributed by atoms with van der Waals surface area (Å²) in [4.78, 5) is 27.0. The number of ether oxygens (including phenoxy) is 1. The lowest BCUT2D eigenvalue weighted by Crippen LogP contribution is -2.33. The summed E-state index contributed by atoms with van der Waals surface area (Å²) in [6.07, 6.45) is 1.90. The van der Waals surface area contributed by atoms with Crippen molar-refractivity contribution in [2.45, 2.75) is 6.42 Å². The topological polar surface area (TPSA) is 100 Å². The summed E-state index contributed by atoms with van der Waals surface area (Å²) in [7, 11) is 3.27. The van der Waals surface area contributed by atoms with E-state index in [0.29, 0.717) is 40.2 Å². The molecule has 0 bridgehead atoms. The molecule has 2 amide bonds. The molecule has 2 heterocycles. The predicted molar refractivity (Wildman–Crippen MR) is 108 cm³/mol. The summed E-state index contributed by atoms with van der Waals surface area (Å²) < 4.78 is 19.1. The van der Waals surface area contributed by atoms with Crippen molar-refractivity contribution in [3.05, 3.63) is 59.5 Å². The van der Waals surface area contributed by atoms with Gasteiger partial charge in [0, 0.05) is 19.7 Å². The highest BCUT2D eigenvalue weighted by Crippen LogP contribution is 2.30. The minimum atomic E-state index is -0.503. The number of nitrogens with one attached hydrogen (secondary N) is 2. The molecular weight excluding hydrogens is 389 g/mol. The van der Waals surface area contributed by atoms with E-state index in [1.807, 2.05) is 0 Å². The zero-order valence-corrected chi connectivity index (χ0v) is 16.5. The molecule has 1 aromatic heterocycles. The van der Waals surface area contributed by atoms with Crippen LogP contribution in [0, 0.1) is 11.7 Å². The van der Waals surface area contributed by atoms with Gasteiger partial charge in [0.15, 0.2) is 0 Å². The number of H-pyrrole nitrogens is 1. The molecule has 9 heteroatoms. The number of amides is 2. The monoisotopic (exact) mass is 409 g/mol. The quantitative estimate of drug-likeness (QED) is 0.690. The lowest BCUT2D eigenvalue weighted by atomic mass is 9.95. The van der Waals surface area contributed by atoms with Crippen LogP contribution in [0.4, 0.5) is 10.1 Å². The summed E-state index contributed by atoms with van der Waals surface area (Å²) >= 11 is 0. The van der Waals surface area contributed by atoms with Gasteiger partial charge in [-0.2, -0.15) is 15.4 Å². The van der Waals surface area contributed by atoms with Crippen LogP contribution in [-0.2, 0) is 11.2 Å². The largest absolute Gasteiger partial charge is 0.492 e. The molecule has 2 N–H and O–H groups in total. The number of hydrogen-bond donors (Lipinski definition) is 2. The Morgan fingerprint density at radius 1 is 1.23 bits per heavy atom. The van der Waals surface area contributed by atoms with Crippen molar-refractivity contribution in [1.29, 1.82) is 0 Å². The first kappa shape index (κ1) is 19.6. The second-order valence-electron chi connectivity index (χ2n) is 7.27. The number of aromatic amines is 1. The number of nitrogens with zero attached hydrogens (tertiary/aromatic N) is 3. The van der Waals surface area contributed by atoms with E-state index >= 15 is 0 Å². The average molecular weight is 409 g/mol. The molecule has 1 unspecified atom stereocenters. The van der Waals surface area contributed by atoms with Gasteiger partial charge >= 0.3 is 0 Å². The Hall–Kier alpha value is -3.75. The van der Waals surface area contributed by atoms with Crippen molar-refractivity contribution < 1.29 is 18.7 Å². The smallest absolute Gasteiger partial charge is 0.255 e. The number of anilines is 1. The average Bonchev–Trinajstić information content (AvgIpc) is 3.27. The first-order chi connectivity index (χ1) is 14.4. The third-order valence-electron chi connectivity index (χ3n) is 4.92. The van der Waals surface area contributed by atoms with Gasteiger partial charge in [0.05, 0.1) is 23.4 Å². The molecule has 2 aromatic carbocycles. The second-order valence-corrected chi connectivity index (χ2v) is 7.27. The molecule has 154 valence electrons. The SMILES string of the molecule is CN(C)C(=O)c1cc(-c2cn[nH]n2)ccc1NC(=O)C1COc2ccc(F)cc2C1. The van der Waals surface area contributed by atoms with E-state index in [-0.39, 0.29) is 24.2 Å². The second kappa shape index (κ2) is 7.94. The molecule has 1 aliphatic rings. The number of hydrogen-bond acceptors (Lipinski definition) is 5. The number of halogens is 1. The Balaban J connectivity index is 1.59.